The third-order valence-electron chi connectivity index (χ3n) is 7.90. The van der Waals surface area contributed by atoms with Gasteiger partial charge in [-0.05, 0) is 61.7 Å². The Hall–Kier alpha value is -3.47. The summed E-state index contributed by atoms with van der Waals surface area (Å²) in [6.45, 7) is 1.71. The number of rotatable bonds is 10. The third-order valence-corrected chi connectivity index (χ3v) is 10.3. The Labute approximate surface area is 268 Å². The minimum absolute atomic E-state index is 0.0121. The van der Waals surface area contributed by atoms with Gasteiger partial charge >= 0.3 is 0 Å². The van der Waals surface area contributed by atoms with E-state index in [2.05, 4.69) is 5.32 Å². The van der Waals surface area contributed by atoms with Gasteiger partial charge in [0.25, 0.3) is 10.0 Å². The van der Waals surface area contributed by atoms with E-state index in [1.165, 1.54) is 17.0 Å². The van der Waals surface area contributed by atoms with Crippen LogP contribution in [0.2, 0.25) is 10.0 Å². The van der Waals surface area contributed by atoms with E-state index in [4.69, 9.17) is 32.7 Å². The zero-order chi connectivity index (χ0) is 31.3. The van der Waals surface area contributed by atoms with Gasteiger partial charge in [0, 0.05) is 28.7 Å². The standard InChI is InChI=1S/C32H35Cl2N3O6S/c1-22(32(39)35-25-8-4-2-5-9-25)36(20-23-12-13-24(33)18-28(23)34)31(38)21-37(44(40,41)27-10-6-3-7-11-27)26-14-15-29-30(19-26)43-17-16-42-29/h3,6-7,10-15,18-19,22,25H,2,4-5,8-9,16-17,20-21H2,1H3,(H,35,39). The first-order chi connectivity index (χ1) is 21.1. The Balaban J connectivity index is 1.49. The van der Waals surface area contributed by atoms with Crippen LogP contribution in [0.3, 0.4) is 0 Å². The molecule has 1 aliphatic heterocycles. The summed E-state index contributed by atoms with van der Waals surface area (Å²) >= 11 is 12.6. The number of nitrogens with one attached hydrogen (secondary N) is 1. The molecular formula is C32H35Cl2N3O6S. The second kappa shape index (κ2) is 14.1. The lowest BCUT2D eigenvalue weighted by Gasteiger charge is -2.33. The van der Waals surface area contributed by atoms with E-state index in [1.54, 1.807) is 61.5 Å². The summed E-state index contributed by atoms with van der Waals surface area (Å²) in [5, 5.41) is 3.85. The zero-order valence-corrected chi connectivity index (χ0v) is 26.7. The molecule has 1 N–H and O–H groups in total. The van der Waals surface area contributed by atoms with Gasteiger partial charge in [0.1, 0.15) is 25.8 Å². The minimum atomic E-state index is -4.22. The quantitative estimate of drug-likeness (QED) is 0.294. The Morgan fingerprint density at radius 1 is 0.932 bits per heavy atom. The molecule has 0 aromatic heterocycles. The molecule has 1 saturated carbocycles. The predicted octanol–water partition coefficient (Wildman–Crippen LogP) is 5.83. The Morgan fingerprint density at radius 3 is 2.34 bits per heavy atom. The molecule has 1 heterocycles. The van der Waals surface area contributed by atoms with Gasteiger partial charge in [0.15, 0.2) is 11.5 Å². The van der Waals surface area contributed by atoms with Gasteiger partial charge in [-0.25, -0.2) is 8.42 Å². The number of anilines is 1. The fraction of sp³-hybridized carbons (Fsp3) is 0.375. The molecule has 1 unspecified atom stereocenters. The fourth-order valence-corrected chi connectivity index (χ4v) is 7.32. The molecular weight excluding hydrogens is 625 g/mol. The number of amides is 2. The predicted molar refractivity (Wildman–Crippen MR) is 170 cm³/mol. The average Bonchev–Trinajstić information content (AvgIpc) is 3.03. The van der Waals surface area contributed by atoms with Crippen molar-refractivity contribution in [1.29, 1.82) is 0 Å². The number of benzene rings is 3. The molecule has 2 amide bonds. The normalized spacial score (nSPS) is 15.7. The molecule has 2 aliphatic rings. The zero-order valence-electron chi connectivity index (χ0n) is 24.4. The highest BCUT2D eigenvalue weighted by molar-refractivity contribution is 7.92. The fourth-order valence-electron chi connectivity index (χ4n) is 5.42. The first-order valence-corrected chi connectivity index (χ1v) is 16.8. The van der Waals surface area contributed by atoms with Crippen LogP contribution in [0.15, 0.2) is 71.6 Å². The lowest BCUT2D eigenvalue weighted by molar-refractivity contribution is -0.139. The number of hydrogen-bond acceptors (Lipinski definition) is 6. The van der Waals surface area contributed by atoms with Crippen LogP contribution in [0, 0.1) is 0 Å². The van der Waals surface area contributed by atoms with E-state index in [9.17, 15) is 18.0 Å². The Morgan fingerprint density at radius 2 is 1.64 bits per heavy atom. The molecule has 1 aliphatic carbocycles. The number of nitrogens with zero attached hydrogens (tertiary/aromatic N) is 2. The lowest BCUT2D eigenvalue weighted by Crippen LogP contribution is -2.53. The maximum absolute atomic E-state index is 14.2. The second-order valence-electron chi connectivity index (χ2n) is 10.9. The van der Waals surface area contributed by atoms with Gasteiger partial charge < -0.3 is 19.7 Å². The summed E-state index contributed by atoms with van der Waals surface area (Å²) in [6, 6.07) is 16.6. The van der Waals surface area contributed by atoms with Gasteiger partial charge in [-0.1, -0.05) is 66.7 Å². The van der Waals surface area contributed by atoms with Crippen LogP contribution in [0.1, 0.15) is 44.6 Å². The van der Waals surface area contributed by atoms with Crippen LogP contribution < -0.4 is 19.1 Å². The maximum Gasteiger partial charge on any atom is 0.264 e. The van der Waals surface area contributed by atoms with Crippen molar-refractivity contribution in [2.45, 2.75) is 62.6 Å². The topological polar surface area (TPSA) is 105 Å². The van der Waals surface area contributed by atoms with Crippen LogP contribution in [-0.2, 0) is 26.2 Å². The molecule has 9 nitrogen and oxygen atoms in total. The van der Waals surface area contributed by atoms with E-state index >= 15 is 0 Å². The number of carbonyl (C=O) groups is 2. The van der Waals surface area contributed by atoms with Crippen molar-refractivity contribution in [2.75, 3.05) is 24.1 Å². The molecule has 0 radical (unpaired) electrons. The van der Waals surface area contributed by atoms with E-state index < -0.39 is 28.5 Å². The largest absolute Gasteiger partial charge is 0.486 e. The smallest absolute Gasteiger partial charge is 0.264 e. The Bertz CT molecular complexity index is 1600. The van der Waals surface area contributed by atoms with Crippen LogP contribution >= 0.6 is 23.2 Å². The van der Waals surface area contributed by atoms with Crippen molar-refractivity contribution in [3.63, 3.8) is 0 Å². The number of sulfonamides is 1. The van der Waals surface area contributed by atoms with Crippen LogP contribution in [-0.4, -0.2) is 57.0 Å². The molecule has 3 aromatic carbocycles. The SMILES string of the molecule is CC(C(=O)NC1CCCCC1)N(Cc1ccc(Cl)cc1Cl)C(=O)CN(c1ccc2c(c1)OCCO2)S(=O)(=O)c1ccccc1. The van der Waals surface area contributed by atoms with E-state index in [1.807, 2.05) is 0 Å². The molecule has 3 aromatic rings. The molecule has 44 heavy (non-hydrogen) atoms. The van der Waals surface area contributed by atoms with Gasteiger partial charge in [-0.15, -0.1) is 0 Å². The monoisotopic (exact) mass is 659 g/mol. The second-order valence-corrected chi connectivity index (χ2v) is 13.6. The molecule has 12 heteroatoms. The number of halogens is 2. The molecule has 1 atom stereocenters. The first-order valence-electron chi connectivity index (χ1n) is 14.6. The van der Waals surface area contributed by atoms with Gasteiger partial charge in [-0.2, -0.15) is 0 Å². The summed E-state index contributed by atoms with van der Waals surface area (Å²) in [4.78, 5) is 29.1. The highest BCUT2D eigenvalue weighted by Crippen LogP contribution is 2.36. The number of carbonyl (C=O) groups excluding carboxylic acids is 2. The summed E-state index contributed by atoms with van der Waals surface area (Å²) in [6.07, 6.45) is 4.95. The number of ether oxygens (including phenoxy) is 2. The maximum atomic E-state index is 14.2. The van der Waals surface area contributed by atoms with Gasteiger partial charge in [0.2, 0.25) is 11.8 Å². The summed E-state index contributed by atoms with van der Waals surface area (Å²) in [5.41, 5.74) is 0.786. The third kappa shape index (κ3) is 7.42. The van der Waals surface area contributed by atoms with Crippen molar-refractivity contribution in [1.82, 2.24) is 10.2 Å². The molecule has 0 bridgehead atoms. The highest BCUT2D eigenvalue weighted by atomic mass is 35.5. The molecule has 0 spiro atoms. The van der Waals surface area contributed by atoms with Crippen molar-refractivity contribution < 1.29 is 27.5 Å². The van der Waals surface area contributed by atoms with Crippen molar-refractivity contribution in [3.05, 3.63) is 82.3 Å². The van der Waals surface area contributed by atoms with Crippen molar-refractivity contribution >= 4 is 50.7 Å². The Kier molecular flexibility index (Phi) is 10.2. The van der Waals surface area contributed by atoms with E-state index in [-0.39, 0.29) is 29.1 Å². The number of fused-ring (bicyclic) bond motifs is 1. The number of hydrogen-bond donors (Lipinski definition) is 1. The summed E-state index contributed by atoms with van der Waals surface area (Å²) in [7, 11) is -4.22. The summed E-state index contributed by atoms with van der Waals surface area (Å²) in [5.74, 6) is -0.0428. The molecule has 5 rings (SSSR count). The highest BCUT2D eigenvalue weighted by Gasteiger charge is 2.34. The average molecular weight is 661 g/mol. The van der Waals surface area contributed by atoms with Crippen molar-refractivity contribution in [2.24, 2.45) is 0 Å². The van der Waals surface area contributed by atoms with Crippen molar-refractivity contribution in [3.8, 4) is 11.5 Å². The van der Waals surface area contributed by atoms with Crippen LogP contribution in [0.5, 0.6) is 11.5 Å². The molecule has 234 valence electrons. The van der Waals surface area contributed by atoms with E-state index in [0.29, 0.717) is 40.3 Å². The van der Waals surface area contributed by atoms with Gasteiger partial charge in [0.05, 0.1) is 10.6 Å². The van der Waals surface area contributed by atoms with E-state index in [0.717, 1.165) is 36.4 Å². The summed E-state index contributed by atoms with van der Waals surface area (Å²) < 4.78 is 40.4. The minimum Gasteiger partial charge on any atom is -0.486 e. The van der Waals surface area contributed by atoms with Crippen LogP contribution in [0.25, 0.3) is 0 Å². The molecule has 1 fully saturated rings. The lowest BCUT2D eigenvalue weighted by atomic mass is 9.95. The van der Waals surface area contributed by atoms with Crippen LogP contribution in [0.4, 0.5) is 5.69 Å². The van der Waals surface area contributed by atoms with Gasteiger partial charge in [-0.3, -0.25) is 13.9 Å². The first kappa shape index (κ1) is 31.9. The molecule has 0 saturated heterocycles.